The van der Waals surface area contributed by atoms with Gasteiger partial charge in [-0.25, -0.2) is 5.43 Å². The number of rotatable bonds is 4. The quantitative estimate of drug-likeness (QED) is 0.561. The van der Waals surface area contributed by atoms with Crippen LogP contribution < -0.4 is 10.2 Å². The highest BCUT2D eigenvalue weighted by atomic mass is 79.9. The molecule has 1 amide bonds. The summed E-state index contributed by atoms with van der Waals surface area (Å²) in [6.45, 7) is 0. The molecule has 118 valence electrons. The molecule has 0 atom stereocenters. The zero-order valence-electron chi connectivity index (χ0n) is 12.5. The van der Waals surface area contributed by atoms with E-state index in [0.29, 0.717) is 11.3 Å². The number of halogens is 1. The summed E-state index contributed by atoms with van der Waals surface area (Å²) < 4.78 is 13.6. The van der Waals surface area contributed by atoms with E-state index >= 15 is 0 Å². The molecule has 23 heavy (non-hydrogen) atoms. The van der Waals surface area contributed by atoms with E-state index in [4.69, 9.17) is 9.15 Å². The van der Waals surface area contributed by atoms with Gasteiger partial charge in [0.25, 0.3) is 0 Å². The number of benzene rings is 1. The molecule has 0 aliphatic carbocycles. The predicted molar refractivity (Wildman–Crippen MR) is 90.9 cm³/mol. The van der Waals surface area contributed by atoms with Gasteiger partial charge in [0.1, 0.15) is 0 Å². The summed E-state index contributed by atoms with van der Waals surface area (Å²) in [6.07, 6.45) is 5.35. The first-order chi connectivity index (χ1) is 11.1. The van der Waals surface area contributed by atoms with Crippen LogP contribution in [-0.2, 0) is 7.05 Å². The van der Waals surface area contributed by atoms with Crippen LogP contribution in [0.5, 0.6) is 5.75 Å². The number of hydrogen-bond donors (Lipinski definition) is 1. The predicted octanol–water partition coefficient (Wildman–Crippen LogP) is 3.31. The second-order valence-corrected chi connectivity index (χ2v) is 5.86. The maximum absolute atomic E-state index is 12.1. The van der Waals surface area contributed by atoms with Crippen molar-refractivity contribution in [3.8, 4) is 5.75 Å². The van der Waals surface area contributed by atoms with Crippen molar-refractivity contribution >= 4 is 39.0 Å². The molecular weight excluding hydrogens is 362 g/mol. The molecule has 2 aromatic heterocycles. The van der Waals surface area contributed by atoms with Gasteiger partial charge in [0.2, 0.25) is 0 Å². The summed E-state index contributed by atoms with van der Waals surface area (Å²) in [4.78, 5) is 12.1. The lowest BCUT2D eigenvalue weighted by Crippen LogP contribution is -2.16. The van der Waals surface area contributed by atoms with Crippen LogP contribution in [0.1, 0.15) is 16.1 Å². The van der Waals surface area contributed by atoms with Crippen LogP contribution in [0, 0.1) is 0 Å². The Labute approximate surface area is 140 Å². The van der Waals surface area contributed by atoms with Gasteiger partial charge >= 0.3 is 5.91 Å². The number of ether oxygens (including phenoxy) is 1. The average Bonchev–Trinajstić information content (AvgIpc) is 3.12. The lowest BCUT2D eigenvalue weighted by Gasteiger charge is -2.00. The Bertz CT molecular complexity index is 895. The van der Waals surface area contributed by atoms with Crippen molar-refractivity contribution in [3.63, 3.8) is 0 Å². The van der Waals surface area contributed by atoms with E-state index in [9.17, 15) is 4.79 Å². The molecule has 0 unspecified atom stereocenters. The molecule has 0 aliphatic rings. The maximum atomic E-state index is 12.1. The van der Waals surface area contributed by atoms with Gasteiger partial charge in [0, 0.05) is 34.9 Å². The number of carbonyl (C=O) groups is 1. The summed E-state index contributed by atoms with van der Waals surface area (Å²) in [7, 11) is 3.46. The summed E-state index contributed by atoms with van der Waals surface area (Å²) in [5.41, 5.74) is 3.86. The number of nitrogens with zero attached hydrogens (tertiary/aromatic N) is 2. The van der Waals surface area contributed by atoms with Crippen molar-refractivity contribution in [2.45, 2.75) is 0 Å². The van der Waals surface area contributed by atoms with Gasteiger partial charge in [-0.3, -0.25) is 4.79 Å². The van der Waals surface area contributed by atoms with Crippen molar-refractivity contribution in [3.05, 3.63) is 52.5 Å². The molecule has 7 heteroatoms. The van der Waals surface area contributed by atoms with E-state index in [2.05, 4.69) is 26.5 Å². The zero-order valence-corrected chi connectivity index (χ0v) is 14.1. The van der Waals surface area contributed by atoms with Crippen LogP contribution in [0.3, 0.4) is 0 Å². The minimum Gasteiger partial charge on any atom is -0.493 e. The van der Waals surface area contributed by atoms with Crippen LogP contribution in [0.2, 0.25) is 0 Å². The third kappa shape index (κ3) is 3.29. The first kappa shape index (κ1) is 15.4. The van der Waals surface area contributed by atoms with E-state index in [0.717, 1.165) is 15.4 Å². The highest BCUT2D eigenvalue weighted by Crippen LogP contribution is 2.32. The molecule has 3 rings (SSSR count). The van der Waals surface area contributed by atoms with Crippen LogP contribution in [0.25, 0.3) is 11.0 Å². The summed E-state index contributed by atoms with van der Waals surface area (Å²) in [6, 6.07) is 7.17. The van der Waals surface area contributed by atoms with E-state index in [1.807, 2.05) is 36.1 Å². The van der Waals surface area contributed by atoms with E-state index < -0.39 is 5.91 Å². The molecule has 2 heterocycles. The number of aromatic nitrogens is 1. The Hall–Kier alpha value is -2.54. The van der Waals surface area contributed by atoms with Gasteiger partial charge in [-0.05, 0) is 24.3 Å². The Morgan fingerprint density at radius 3 is 2.96 bits per heavy atom. The first-order valence-corrected chi connectivity index (χ1v) is 7.58. The standard InChI is InChI=1S/C16H14BrN3O3/c1-20-4-3-10(9-20)8-18-19-16(21)14-6-11-5-12(17)7-13(22-2)15(11)23-14/h3-9H,1-2H3,(H,19,21)/b18-8-. The van der Waals surface area contributed by atoms with Crippen molar-refractivity contribution < 1.29 is 13.9 Å². The van der Waals surface area contributed by atoms with Gasteiger partial charge in [0.15, 0.2) is 17.1 Å². The van der Waals surface area contributed by atoms with Crippen LogP contribution in [0.15, 0.2) is 50.7 Å². The van der Waals surface area contributed by atoms with Crippen molar-refractivity contribution in [1.82, 2.24) is 9.99 Å². The van der Waals surface area contributed by atoms with E-state index in [1.54, 1.807) is 25.5 Å². The number of nitrogens with one attached hydrogen (secondary N) is 1. The number of carbonyl (C=O) groups excluding carboxylic acids is 1. The SMILES string of the molecule is COc1cc(Br)cc2cc(C(=O)N/N=C\c3ccn(C)c3)oc12. The molecule has 6 nitrogen and oxygen atoms in total. The van der Waals surface area contributed by atoms with Gasteiger partial charge in [-0.2, -0.15) is 5.10 Å². The van der Waals surface area contributed by atoms with Gasteiger partial charge < -0.3 is 13.7 Å². The highest BCUT2D eigenvalue weighted by molar-refractivity contribution is 9.10. The van der Waals surface area contributed by atoms with Gasteiger partial charge in [-0.15, -0.1) is 0 Å². The second-order valence-electron chi connectivity index (χ2n) is 4.95. The topological polar surface area (TPSA) is 68.8 Å². The number of methoxy groups -OCH3 is 1. The Morgan fingerprint density at radius 1 is 1.43 bits per heavy atom. The molecular formula is C16H14BrN3O3. The molecule has 0 bridgehead atoms. The molecule has 1 aromatic carbocycles. The molecule has 0 fully saturated rings. The summed E-state index contributed by atoms with van der Waals surface area (Å²) in [5, 5.41) is 4.69. The third-order valence-electron chi connectivity index (χ3n) is 3.23. The fourth-order valence-electron chi connectivity index (χ4n) is 2.17. The molecule has 0 spiro atoms. The highest BCUT2D eigenvalue weighted by Gasteiger charge is 2.15. The van der Waals surface area contributed by atoms with Crippen LogP contribution in [0.4, 0.5) is 0 Å². The van der Waals surface area contributed by atoms with Crippen molar-refractivity contribution in [2.24, 2.45) is 12.1 Å². The number of hydrazone groups is 1. The number of amides is 1. The molecule has 3 aromatic rings. The molecule has 0 saturated heterocycles. The molecule has 0 aliphatic heterocycles. The Morgan fingerprint density at radius 2 is 2.26 bits per heavy atom. The molecule has 1 N–H and O–H groups in total. The average molecular weight is 376 g/mol. The van der Waals surface area contributed by atoms with Gasteiger partial charge in [-0.1, -0.05) is 15.9 Å². The monoisotopic (exact) mass is 375 g/mol. The normalized spacial score (nSPS) is 11.3. The van der Waals surface area contributed by atoms with Crippen molar-refractivity contribution in [2.75, 3.05) is 7.11 Å². The minimum atomic E-state index is -0.424. The van der Waals surface area contributed by atoms with Gasteiger partial charge in [0.05, 0.1) is 13.3 Å². The fraction of sp³-hybridized carbons (Fsp3) is 0.125. The summed E-state index contributed by atoms with van der Waals surface area (Å²) in [5.74, 6) is 0.300. The zero-order chi connectivity index (χ0) is 16.4. The van der Waals surface area contributed by atoms with E-state index in [-0.39, 0.29) is 5.76 Å². The van der Waals surface area contributed by atoms with E-state index in [1.165, 1.54) is 0 Å². The lowest BCUT2D eigenvalue weighted by molar-refractivity contribution is 0.0929. The number of hydrogen-bond acceptors (Lipinski definition) is 4. The maximum Gasteiger partial charge on any atom is 0.307 e. The Balaban J connectivity index is 1.79. The Kier molecular flexibility index (Phi) is 4.20. The first-order valence-electron chi connectivity index (χ1n) is 6.79. The fourth-order valence-corrected chi connectivity index (χ4v) is 2.63. The lowest BCUT2D eigenvalue weighted by atomic mass is 10.2. The van der Waals surface area contributed by atoms with Crippen LogP contribution >= 0.6 is 15.9 Å². The number of aryl methyl sites for hydroxylation is 1. The summed E-state index contributed by atoms with van der Waals surface area (Å²) >= 11 is 3.39. The second kappa shape index (κ2) is 6.29. The molecule has 0 saturated carbocycles. The third-order valence-corrected chi connectivity index (χ3v) is 3.68. The minimum absolute atomic E-state index is 0.168. The van der Waals surface area contributed by atoms with Crippen molar-refractivity contribution in [1.29, 1.82) is 0 Å². The smallest absolute Gasteiger partial charge is 0.307 e. The number of fused-ring (bicyclic) bond motifs is 1. The largest absolute Gasteiger partial charge is 0.493 e. The number of furan rings is 1. The van der Waals surface area contributed by atoms with Crippen LogP contribution in [-0.4, -0.2) is 23.8 Å². The molecule has 0 radical (unpaired) electrons.